The smallest absolute Gasteiger partial charge is 0.286 e. The summed E-state index contributed by atoms with van der Waals surface area (Å²) >= 11 is 6.46. The monoisotopic (exact) mass is 793 g/mol. The van der Waals surface area contributed by atoms with Crippen LogP contribution in [0.1, 0.15) is 64.4 Å². The lowest BCUT2D eigenvalue weighted by Crippen LogP contribution is -2.49. The predicted octanol–water partition coefficient (Wildman–Crippen LogP) is 5.34. The molecule has 13 nitrogen and oxygen atoms in total. The molecular weight excluding hydrogens is 746 g/mol. The van der Waals surface area contributed by atoms with Crippen LogP contribution in [0.2, 0.25) is 5.02 Å². The number of carbonyl (C=O) groups is 3. The Morgan fingerprint density at radius 1 is 1.16 bits per heavy atom. The highest BCUT2D eigenvalue weighted by molar-refractivity contribution is 7.92. The summed E-state index contributed by atoms with van der Waals surface area (Å²) in [5.41, 5.74) is 3.12. The number of ether oxygens (including phenoxy) is 4. The predicted molar refractivity (Wildman–Crippen MR) is 208 cm³/mol. The second-order valence-electron chi connectivity index (χ2n) is 15.2. The fourth-order valence-electron chi connectivity index (χ4n) is 8.67. The van der Waals surface area contributed by atoms with Crippen LogP contribution in [0.3, 0.4) is 0 Å². The molecule has 1 N–H and O–H groups in total. The molecule has 294 valence electrons. The maximum absolute atomic E-state index is 14.9. The van der Waals surface area contributed by atoms with E-state index < -0.39 is 33.8 Å². The Balaban J connectivity index is 1.33. The van der Waals surface area contributed by atoms with Crippen molar-refractivity contribution >= 4 is 45.3 Å². The molecule has 3 heterocycles. The third kappa shape index (κ3) is 8.05. The van der Waals surface area contributed by atoms with E-state index in [1.807, 2.05) is 18.2 Å². The molecule has 55 heavy (non-hydrogen) atoms. The van der Waals surface area contributed by atoms with E-state index in [9.17, 15) is 18.6 Å². The van der Waals surface area contributed by atoms with Gasteiger partial charge < -0.3 is 28.6 Å². The topological polar surface area (TPSA) is 151 Å². The van der Waals surface area contributed by atoms with Crippen molar-refractivity contribution in [1.29, 1.82) is 0 Å². The maximum Gasteiger partial charge on any atom is 0.286 e. The first kappa shape index (κ1) is 39.0. The average Bonchev–Trinajstić information content (AvgIpc) is 3.47. The highest BCUT2D eigenvalue weighted by Gasteiger charge is 2.44. The number of anilines is 1. The number of aryl methyl sites for hydroxylation is 2. The Morgan fingerprint density at radius 3 is 2.73 bits per heavy atom. The molecule has 2 aliphatic carbocycles. The normalized spacial score (nSPS) is 29.7. The molecule has 2 aliphatic heterocycles. The number of amides is 2. The zero-order valence-corrected chi connectivity index (χ0v) is 33.1. The van der Waals surface area contributed by atoms with E-state index in [1.54, 1.807) is 39.3 Å². The van der Waals surface area contributed by atoms with Crippen LogP contribution < -0.4 is 19.1 Å². The van der Waals surface area contributed by atoms with Crippen molar-refractivity contribution in [3.63, 3.8) is 0 Å². The molecule has 1 aromatic heterocycles. The summed E-state index contributed by atoms with van der Waals surface area (Å²) in [6.45, 7) is 3.37. The molecule has 1 spiro atoms. The minimum Gasteiger partial charge on any atom is -0.490 e. The van der Waals surface area contributed by atoms with Crippen LogP contribution in [0, 0.1) is 17.8 Å². The van der Waals surface area contributed by atoms with Gasteiger partial charge >= 0.3 is 0 Å². The van der Waals surface area contributed by atoms with Gasteiger partial charge in [0.05, 0.1) is 37.4 Å². The molecule has 2 bridgehead atoms. The largest absolute Gasteiger partial charge is 0.490 e. The standard InChI is InChI=1S/C40H48ClN5O8S/c1-25-22-55(50,44-38(49)31-21-45(2)42-39(31)52-4)43-37(48)27-8-12-36-33(19-27)46(20-28-7-10-30(28)35(51-3)14-13-34(25)53-17-16-47)23-40(24-54-36)15-5-6-26-18-29(41)9-11-32(26)40/h8-9,11-14,16,18-19,21,25,28,30,34-35H,5-7,10,15,17,20,22-24H2,1-4H3,(H,43,44,48,49,50)/b14-13+/t25-,28+,30-,34+,35+,40+,55?/m1/s1. The summed E-state index contributed by atoms with van der Waals surface area (Å²) in [6, 6.07) is 11.3. The molecule has 15 heteroatoms. The summed E-state index contributed by atoms with van der Waals surface area (Å²) in [4.78, 5) is 41.6. The van der Waals surface area contributed by atoms with E-state index in [2.05, 4.69) is 31.2 Å². The number of benzene rings is 2. The number of hydrogen-bond acceptors (Lipinski definition) is 10. The zero-order chi connectivity index (χ0) is 38.9. The number of aromatic nitrogens is 2. The zero-order valence-electron chi connectivity index (χ0n) is 31.6. The van der Waals surface area contributed by atoms with E-state index in [1.165, 1.54) is 29.1 Å². The molecule has 3 aromatic rings. The molecule has 0 radical (unpaired) electrons. The fraction of sp³-hybridized carbons (Fsp3) is 0.500. The molecule has 2 aromatic carbocycles. The number of nitrogens with one attached hydrogen (secondary N) is 1. The van der Waals surface area contributed by atoms with Crippen LogP contribution in [0.15, 0.2) is 59.1 Å². The highest BCUT2D eigenvalue weighted by Crippen LogP contribution is 2.47. The number of fused-ring (bicyclic) bond motifs is 4. The minimum atomic E-state index is -3.82. The van der Waals surface area contributed by atoms with Crippen LogP contribution in [0.5, 0.6) is 11.6 Å². The van der Waals surface area contributed by atoms with E-state index in [4.69, 9.17) is 30.5 Å². The minimum absolute atomic E-state index is 0.0258. The van der Waals surface area contributed by atoms with E-state index in [-0.39, 0.29) is 52.7 Å². The van der Waals surface area contributed by atoms with Crippen molar-refractivity contribution < 1.29 is 37.5 Å². The molecule has 7 rings (SSSR count). The molecule has 2 amide bonds. The van der Waals surface area contributed by atoms with Gasteiger partial charge in [-0.2, -0.15) is 0 Å². The van der Waals surface area contributed by atoms with Crippen molar-refractivity contribution in [3.05, 3.63) is 82.0 Å². The Bertz CT molecular complexity index is 2110. The van der Waals surface area contributed by atoms with E-state index in [0.717, 1.165) is 37.8 Å². The van der Waals surface area contributed by atoms with Gasteiger partial charge in [-0.15, -0.1) is 9.46 Å². The first-order chi connectivity index (χ1) is 26.4. The summed E-state index contributed by atoms with van der Waals surface area (Å²) in [5.74, 6) is -1.23. The van der Waals surface area contributed by atoms with Crippen molar-refractivity contribution in [2.24, 2.45) is 29.2 Å². The van der Waals surface area contributed by atoms with Gasteiger partial charge in [-0.1, -0.05) is 36.7 Å². The second kappa shape index (κ2) is 16.1. The molecule has 1 saturated carbocycles. The molecule has 1 fully saturated rings. The third-order valence-electron chi connectivity index (χ3n) is 11.5. The van der Waals surface area contributed by atoms with Crippen molar-refractivity contribution in [3.8, 4) is 11.6 Å². The molecule has 1 unspecified atom stereocenters. The van der Waals surface area contributed by atoms with Gasteiger partial charge in [0.25, 0.3) is 11.8 Å². The molecule has 4 aliphatic rings. The van der Waals surface area contributed by atoms with Gasteiger partial charge in [0.15, 0.2) is 0 Å². The summed E-state index contributed by atoms with van der Waals surface area (Å²) < 4.78 is 47.0. The maximum atomic E-state index is 14.9. The molecule has 7 atom stereocenters. The SMILES string of the molecule is COc1nn(C)cc1C(=O)NS1(=O)=NC(=O)c2ccc3c(c2)N(C[C@@H]2CC[C@H]2[C@@H](OC)/C=C/[C@H](OCC=O)[C@H](C)C1)C[C@@]1(CCCc2cc(Cl)ccc21)CO3. The number of rotatable bonds is 7. The Hall–Kier alpha value is -4.24. The molecule has 0 saturated heterocycles. The number of hydrogen-bond donors (Lipinski definition) is 1. The van der Waals surface area contributed by atoms with Gasteiger partial charge in [0, 0.05) is 55.4 Å². The van der Waals surface area contributed by atoms with Gasteiger partial charge in [-0.25, -0.2) is 4.21 Å². The number of aldehydes is 1. The first-order valence-corrected chi connectivity index (χ1v) is 20.8. The van der Waals surface area contributed by atoms with Crippen LogP contribution in [0.25, 0.3) is 0 Å². The van der Waals surface area contributed by atoms with Crippen LogP contribution in [0.4, 0.5) is 5.69 Å². The lowest BCUT2D eigenvalue weighted by Gasteiger charge is -2.46. The van der Waals surface area contributed by atoms with Crippen LogP contribution >= 0.6 is 11.6 Å². The summed E-state index contributed by atoms with van der Waals surface area (Å²) in [5, 5.41) is 4.85. The quantitative estimate of drug-likeness (QED) is 0.245. The van der Waals surface area contributed by atoms with Crippen molar-refractivity contribution in [2.75, 3.05) is 51.2 Å². The number of carbonyl (C=O) groups excluding carboxylic acids is 3. The van der Waals surface area contributed by atoms with Crippen molar-refractivity contribution in [2.45, 2.75) is 56.7 Å². The van der Waals surface area contributed by atoms with Gasteiger partial charge in [0.1, 0.15) is 34.1 Å². The number of methoxy groups -OCH3 is 2. The van der Waals surface area contributed by atoms with Gasteiger partial charge in [0.2, 0.25) is 5.88 Å². The van der Waals surface area contributed by atoms with Crippen LogP contribution in [-0.2, 0) is 43.1 Å². The average molecular weight is 794 g/mol. The molecular formula is C40H48ClN5O8S. The Labute approximate surface area is 327 Å². The number of halogens is 1. The summed E-state index contributed by atoms with van der Waals surface area (Å²) in [6.07, 6.45) is 9.72. The Morgan fingerprint density at radius 2 is 1.98 bits per heavy atom. The highest BCUT2D eigenvalue weighted by atomic mass is 35.5. The van der Waals surface area contributed by atoms with E-state index >= 15 is 0 Å². The second-order valence-corrected chi connectivity index (χ2v) is 17.6. The number of nitrogens with zero attached hydrogens (tertiary/aromatic N) is 4. The lowest BCUT2D eigenvalue weighted by atomic mass is 9.68. The lowest BCUT2D eigenvalue weighted by molar-refractivity contribution is -0.113. The third-order valence-corrected chi connectivity index (χ3v) is 13.7. The van der Waals surface area contributed by atoms with Crippen LogP contribution in [-0.4, -0.2) is 90.6 Å². The summed E-state index contributed by atoms with van der Waals surface area (Å²) in [7, 11) is 0.863. The van der Waals surface area contributed by atoms with Gasteiger partial charge in [-0.3, -0.25) is 19.0 Å². The Kier molecular flexibility index (Phi) is 11.4. The van der Waals surface area contributed by atoms with E-state index in [0.29, 0.717) is 36.8 Å². The fourth-order valence-corrected chi connectivity index (χ4v) is 10.7. The van der Waals surface area contributed by atoms with Crippen molar-refractivity contribution in [1.82, 2.24) is 14.5 Å². The van der Waals surface area contributed by atoms with Gasteiger partial charge in [-0.05, 0) is 85.4 Å². The first-order valence-electron chi connectivity index (χ1n) is 18.7.